The van der Waals surface area contributed by atoms with Crippen molar-refractivity contribution in [3.8, 4) is 6.07 Å². The quantitative estimate of drug-likeness (QED) is 0.628. The first-order valence-electron chi connectivity index (χ1n) is 9.15. The lowest BCUT2D eigenvalue weighted by atomic mass is 9.99. The van der Waals surface area contributed by atoms with E-state index in [2.05, 4.69) is 45.2 Å². The summed E-state index contributed by atoms with van der Waals surface area (Å²) >= 11 is 3.51. The van der Waals surface area contributed by atoms with E-state index in [-0.39, 0.29) is 5.91 Å². The molecule has 0 bridgehead atoms. The summed E-state index contributed by atoms with van der Waals surface area (Å²) in [7, 11) is 0. The number of carbonyl (C=O) groups excluding carboxylic acids is 1. The maximum absolute atomic E-state index is 12.9. The molecule has 140 valence electrons. The topological polar surface area (TPSA) is 61.9 Å². The molecule has 5 nitrogen and oxygen atoms in total. The Hall–Kier alpha value is -2.91. The first-order chi connectivity index (χ1) is 13.6. The van der Waals surface area contributed by atoms with Gasteiger partial charge in [0.1, 0.15) is 0 Å². The number of hydrogen-bond donors (Lipinski definition) is 0. The fourth-order valence-electron chi connectivity index (χ4n) is 3.52. The number of benzene rings is 2. The normalized spacial score (nSPS) is 13.1. The van der Waals surface area contributed by atoms with E-state index < -0.39 is 0 Å². The van der Waals surface area contributed by atoms with E-state index in [1.165, 1.54) is 11.1 Å². The first-order valence-corrected chi connectivity index (χ1v) is 9.95. The largest absolute Gasteiger partial charge is 0.338 e. The minimum absolute atomic E-state index is 0.118. The number of amides is 1. The van der Waals surface area contributed by atoms with Crippen molar-refractivity contribution in [1.82, 2.24) is 14.5 Å². The molecule has 0 atom stereocenters. The SMILES string of the molecule is N#Cc1ccc(Cn2cncc2CC(=O)N2CCc3ccc(Br)cc3C2)cc1. The van der Waals surface area contributed by atoms with E-state index in [9.17, 15) is 4.79 Å². The molecule has 0 radical (unpaired) electrons. The number of hydrogen-bond acceptors (Lipinski definition) is 3. The number of halogens is 1. The number of carbonyl (C=O) groups is 1. The Balaban J connectivity index is 1.44. The Morgan fingerprint density at radius 3 is 2.79 bits per heavy atom. The predicted octanol–water partition coefficient (Wildman–Crippen LogP) is 3.69. The van der Waals surface area contributed by atoms with Gasteiger partial charge in [0, 0.05) is 36.0 Å². The van der Waals surface area contributed by atoms with E-state index in [1.54, 1.807) is 24.7 Å². The van der Waals surface area contributed by atoms with Gasteiger partial charge in [-0.05, 0) is 47.4 Å². The zero-order valence-corrected chi connectivity index (χ0v) is 16.9. The predicted molar refractivity (Wildman–Crippen MR) is 109 cm³/mol. The van der Waals surface area contributed by atoms with Crippen molar-refractivity contribution in [1.29, 1.82) is 5.26 Å². The van der Waals surface area contributed by atoms with E-state index in [1.807, 2.05) is 21.6 Å². The van der Waals surface area contributed by atoms with Crippen LogP contribution in [0, 0.1) is 11.3 Å². The highest BCUT2D eigenvalue weighted by Gasteiger charge is 2.22. The number of imidazole rings is 1. The lowest BCUT2D eigenvalue weighted by Crippen LogP contribution is -2.37. The Morgan fingerprint density at radius 2 is 2.00 bits per heavy atom. The van der Waals surface area contributed by atoms with Crippen LogP contribution in [0.3, 0.4) is 0 Å². The molecule has 1 aliphatic heterocycles. The first kappa shape index (κ1) is 18.5. The van der Waals surface area contributed by atoms with Crippen molar-refractivity contribution in [3.63, 3.8) is 0 Å². The van der Waals surface area contributed by atoms with Crippen molar-refractivity contribution < 1.29 is 4.79 Å². The van der Waals surface area contributed by atoms with Gasteiger partial charge in [0.2, 0.25) is 5.91 Å². The fourth-order valence-corrected chi connectivity index (χ4v) is 3.93. The van der Waals surface area contributed by atoms with Crippen LogP contribution in [0.5, 0.6) is 0 Å². The minimum atomic E-state index is 0.118. The van der Waals surface area contributed by atoms with Crippen LogP contribution >= 0.6 is 15.9 Å². The van der Waals surface area contributed by atoms with Gasteiger partial charge in [-0.1, -0.05) is 34.1 Å². The molecule has 6 heteroatoms. The van der Waals surface area contributed by atoms with E-state index >= 15 is 0 Å². The lowest BCUT2D eigenvalue weighted by molar-refractivity contribution is -0.131. The summed E-state index contributed by atoms with van der Waals surface area (Å²) in [4.78, 5) is 19.0. The average Bonchev–Trinajstić information content (AvgIpc) is 3.14. The zero-order valence-electron chi connectivity index (χ0n) is 15.3. The lowest BCUT2D eigenvalue weighted by Gasteiger charge is -2.29. The number of nitrogens with zero attached hydrogens (tertiary/aromatic N) is 4. The van der Waals surface area contributed by atoms with Gasteiger partial charge in [0.05, 0.1) is 24.4 Å². The fraction of sp³-hybridized carbons (Fsp3) is 0.227. The molecule has 0 saturated heterocycles. The van der Waals surface area contributed by atoms with Crippen LogP contribution in [0.4, 0.5) is 0 Å². The summed E-state index contributed by atoms with van der Waals surface area (Å²) in [6.07, 6.45) is 4.73. The van der Waals surface area contributed by atoms with Crippen molar-refractivity contribution >= 4 is 21.8 Å². The summed E-state index contributed by atoms with van der Waals surface area (Å²) in [6.45, 7) is 2.03. The van der Waals surface area contributed by atoms with E-state index in [0.717, 1.165) is 28.7 Å². The van der Waals surface area contributed by atoms with Gasteiger partial charge in [0.15, 0.2) is 0 Å². The highest BCUT2D eigenvalue weighted by molar-refractivity contribution is 9.10. The maximum Gasteiger partial charge on any atom is 0.228 e. The van der Waals surface area contributed by atoms with Crippen LogP contribution in [-0.4, -0.2) is 26.9 Å². The van der Waals surface area contributed by atoms with E-state index in [4.69, 9.17) is 5.26 Å². The minimum Gasteiger partial charge on any atom is -0.338 e. The Bertz CT molecular complexity index is 1050. The standard InChI is InChI=1S/C22H19BrN4O/c23-20-6-5-18-7-8-26(14-19(18)9-20)22(28)10-21-12-25-15-27(21)13-17-3-1-16(11-24)2-4-17/h1-6,9,12,15H,7-8,10,13-14H2. The van der Waals surface area contributed by atoms with Gasteiger partial charge in [-0.3, -0.25) is 4.79 Å². The second-order valence-electron chi connectivity index (χ2n) is 6.98. The maximum atomic E-state index is 12.9. The molecular weight excluding hydrogens is 416 g/mol. The molecule has 2 heterocycles. The number of nitriles is 1. The molecule has 28 heavy (non-hydrogen) atoms. The van der Waals surface area contributed by atoms with Gasteiger partial charge in [-0.15, -0.1) is 0 Å². The average molecular weight is 435 g/mol. The second kappa shape index (κ2) is 7.99. The van der Waals surface area contributed by atoms with Crippen LogP contribution < -0.4 is 0 Å². The van der Waals surface area contributed by atoms with Crippen LogP contribution in [0.15, 0.2) is 59.5 Å². The summed E-state index contributed by atoms with van der Waals surface area (Å²) in [6, 6.07) is 15.9. The van der Waals surface area contributed by atoms with Gasteiger partial charge in [0.25, 0.3) is 0 Å². The highest BCUT2D eigenvalue weighted by Crippen LogP contribution is 2.23. The van der Waals surface area contributed by atoms with Crippen LogP contribution in [-0.2, 0) is 30.7 Å². The summed E-state index contributed by atoms with van der Waals surface area (Å²) in [5, 5.41) is 8.92. The highest BCUT2D eigenvalue weighted by atomic mass is 79.9. The molecule has 1 aromatic heterocycles. The third kappa shape index (κ3) is 4.00. The summed E-state index contributed by atoms with van der Waals surface area (Å²) < 4.78 is 3.04. The monoisotopic (exact) mass is 434 g/mol. The molecular formula is C22H19BrN4O. The third-order valence-corrected chi connectivity index (χ3v) is 5.59. The number of aromatic nitrogens is 2. The van der Waals surface area contributed by atoms with Crippen molar-refractivity contribution in [3.05, 3.63) is 87.4 Å². The molecule has 0 N–H and O–H groups in total. The van der Waals surface area contributed by atoms with Crippen molar-refractivity contribution in [2.75, 3.05) is 6.54 Å². The molecule has 0 saturated carbocycles. The van der Waals surface area contributed by atoms with Gasteiger partial charge in [-0.2, -0.15) is 5.26 Å². The zero-order chi connectivity index (χ0) is 19.5. The van der Waals surface area contributed by atoms with Crippen LogP contribution in [0.2, 0.25) is 0 Å². The molecule has 0 spiro atoms. The smallest absolute Gasteiger partial charge is 0.228 e. The Kier molecular flexibility index (Phi) is 5.27. The van der Waals surface area contributed by atoms with Crippen LogP contribution in [0.1, 0.15) is 27.9 Å². The Labute approximate surface area is 172 Å². The van der Waals surface area contributed by atoms with Gasteiger partial charge < -0.3 is 9.47 Å². The molecule has 3 aromatic rings. The van der Waals surface area contributed by atoms with Crippen molar-refractivity contribution in [2.45, 2.75) is 25.9 Å². The van der Waals surface area contributed by atoms with Crippen molar-refractivity contribution in [2.24, 2.45) is 0 Å². The Morgan fingerprint density at radius 1 is 1.18 bits per heavy atom. The molecule has 0 unspecified atom stereocenters. The number of fused-ring (bicyclic) bond motifs is 1. The van der Waals surface area contributed by atoms with Gasteiger partial charge in [-0.25, -0.2) is 4.98 Å². The third-order valence-electron chi connectivity index (χ3n) is 5.10. The molecule has 0 aliphatic carbocycles. The molecule has 2 aromatic carbocycles. The molecule has 4 rings (SSSR count). The number of rotatable bonds is 4. The van der Waals surface area contributed by atoms with Crippen LogP contribution in [0.25, 0.3) is 0 Å². The molecule has 0 fully saturated rings. The molecule has 1 aliphatic rings. The molecule has 1 amide bonds. The van der Waals surface area contributed by atoms with Gasteiger partial charge >= 0.3 is 0 Å². The second-order valence-corrected chi connectivity index (χ2v) is 7.89. The summed E-state index contributed by atoms with van der Waals surface area (Å²) in [5.74, 6) is 0.118. The summed E-state index contributed by atoms with van der Waals surface area (Å²) in [5.41, 5.74) is 5.14. The van der Waals surface area contributed by atoms with E-state index in [0.29, 0.717) is 25.1 Å².